The second-order valence-corrected chi connectivity index (χ2v) is 14.1. The molecule has 0 fully saturated rings. The van der Waals surface area contributed by atoms with E-state index in [0.29, 0.717) is 0 Å². The zero-order valence-corrected chi connectivity index (χ0v) is 32.7. The van der Waals surface area contributed by atoms with Crippen LogP contribution in [0.25, 0.3) is 57.7 Å². The molecule has 7 aromatic carbocycles. The average Bonchev–Trinajstić information content (AvgIpc) is 3.24. The van der Waals surface area contributed by atoms with Gasteiger partial charge in [-0.15, -0.1) is 0 Å². The van der Waals surface area contributed by atoms with E-state index in [9.17, 15) is 0 Å². The Hall–Kier alpha value is -6.90. The lowest BCUT2D eigenvalue weighted by atomic mass is 9.90. The molecular formula is C54H48N2. The number of aryl methyl sites for hydroxylation is 1. The highest BCUT2D eigenvalue weighted by Gasteiger charge is 2.18. The first kappa shape index (κ1) is 37.4. The zero-order valence-electron chi connectivity index (χ0n) is 32.7. The topological polar surface area (TPSA) is 6.48 Å². The normalized spacial score (nSPS) is 12.1. The van der Waals surface area contributed by atoms with Crippen molar-refractivity contribution in [2.24, 2.45) is 0 Å². The fourth-order valence-electron chi connectivity index (χ4n) is 7.24. The minimum absolute atomic E-state index is 1.08. The van der Waals surface area contributed by atoms with Gasteiger partial charge in [0.05, 0.1) is 0 Å². The maximum Gasteiger partial charge on any atom is 0.0467 e. The molecule has 0 spiro atoms. The number of rotatable bonds is 11. The molecule has 0 aromatic heterocycles. The molecule has 0 amide bonds. The summed E-state index contributed by atoms with van der Waals surface area (Å²) in [7, 11) is 4.24. The molecule has 0 N–H and O–H groups in total. The molecule has 56 heavy (non-hydrogen) atoms. The summed E-state index contributed by atoms with van der Waals surface area (Å²) in [5, 5.41) is 2.44. The molecule has 0 saturated heterocycles. The summed E-state index contributed by atoms with van der Waals surface area (Å²) in [5.74, 6) is 0. The molecule has 0 atom stereocenters. The fourth-order valence-corrected chi connectivity index (χ4v) is 7.24. The van der Waals surface area contributed by atoms with Gasteiger partial charge in [0.25, 0.3) is 0 Å². The highest BCUT2D eigenvalue weighted by Crippen LogP contribution is 2.43. The average molecular weight is 725 g/mol. The van der Waals surface area contributed by atoms with Crippen LogP contribution in [0.5, 0.6) is 0 Å². The Kier molecular flexibility index (Phi) is 11.7. The Labute approximate surface area is 332 Å². The van der Waals surface area contributed by atoms with Crippen molar-refractivity contribution in [3.8, 4) is 33.4 Å². The van der Waals surface area contributed by atoms with Crippen molar-refractivity contribution >= 4 is 47.1 Å². The highest BCUT2D eigenvalue weighted by atomic mass is 15.1. The van der Waals surface area contributed by atoms with Crippen LogP contribution in [-0.4, -0.2) is 14.1 Å². The van der Waals surface area contributed by atoms with Gasteiger partial charge in [0.1, 0.15) is 0 Å². The molecule has 0 aliphatic carbocycles. The fraction of sp³-hybridized carbons (Fsp3) is 0.0741. The van der Waals surface area contributed by atoms with Crippen LogP contribution in [0.3, 0.4) is 0 Å². The zero-order chi connectivity index (χ0) is 38.9. The van der Waals surface area contributed by atoms with Crippen molar-refractivity contribution < 1.29 is 0 Å². The van der Waals surface area contributed by atoms with Crippen molar-refractivity contribution in [1.29, 1.82) is 0 Å². The van der Waals surface area contributed by atoms with Gasteiger partial charge < -0.3 is 9.80 Å². The van der Waals surface area contributed by atoms with E-state index in [4.69, 9.17) is 0 Å². The van der Waals surface area contributed by atoms with Crippen LogP contribution >= 0.6 is 0 Å². The summed E-state index contributed by atoms with van der Waals surface area (Å²) in [5.41, 5.74) is 15.0. The van der Waals surface area contributed by atoms with Crippen LogP contribution in [0, 0.1) is 6.92 Å². The molecule has 0 saturated carbocycles. The molecule has 0 radical (unpaired) electrons. The van der Waals surface area contributed by atoms with E-state index in [0.717, 1.165) is 28.2 Å². The predicted molar refractivity (Wildman–Crippen MR) is 245 cm³/mol. The third kappa shape index (κ3) is 8.41. The number of allylic oxidation sites excluding steroid dienone is 3. The minimum atomic E-state index is 1.08. The molecule has 274 valence electrons. The van der Waals surface area contributed by atoms with Crippen molar-refractivity contribution in [3.05, 3.63) is 216 Å². The molecule has 0 unspecified atom stereocenters. The van der Waals surface area contributed by atoms with E-state index < -0.39 is 0 Å². The second kappa shape index (κ2) is 17.5. The number of benzene rings is 7. The second-order valence-electron chi connectivity index (χ2n) is 14.1. The van der Waals surface area contributed by atoms with Gasteiger partial charge in [0.2, 0.25) is 0 Å². The SMILES string of the molecule is C=C/C=C\c1cc(-c2c(-c3cccc(N(c4ccc(/C=C/C=c5/cccc/c5=C/C)cc4)c4cccc(-c5ccccc5)c4)c3)cccc2N(C)C)ccc1C. The van der Waals surface area contributed by atoms with Gasteiger partial charge in [0.15, 0.2) is 0 Å². The highest BCUT2D eigenvalue weighted by molar-refractivity contribution is 5.94. The van der Waals surface area contributed by atoms with Gasteiger partial charge in [-0.2, -0.15) is 0 Å². The Bertz CT molecular complexity index is 2640. The van der Waals surface area contributed by atoms with Gasteiger partial charge in [-0.25, -0.2) is 0 Å². The van der Waals surface area contributed by atoms with Gasteiger partial charge in [-0.3, -0.25) is 0 Å². The molecule has 2 nitrogen and oxygen atoms in total. The summed E-state index contributed by atoms with van der Waals surface area (Å²) in [6, 6.07) is 59.0. The van der Waals surface area contributed by atoms with Gasteiger partial charge in [0, 0.05) is 42.4 Å². The summed E-state index contributed by atoms with van der Waals surface area (Å²) in [6.07, 6.45) is 14.6. The maximum atomic E-state index is 3.89. The molecule has 0 aliphatic rings. The van der Waals surface area contributed by atoms with Gasteiger partial charge in [-0.05, 0) is 117 Å². The quantitative estimate of drug-likeness (QED) is 0.123. The predicted octanol–water partition coefficient (Wildman–Crippen LogP) is 13.0. The lowest BCUT2D eigenvalue weighted by Crippen LogP contribution is -2.22. The Morgan fingerprint density at radius 1 is 0.518 bits per heavy atom. The monoisotopic (exact) mass is 724 g/mol. The van der Waals surface area contributed by atoms with Crippen molar-refractivity contribution in [2.45, 2.75) is 13.8 Å². The summed E-state index contributed by atoms with van der Waals surface area (Å²) < 4.78 is 0. The van der Waals surface area contributed by atoms with Crippen molar-refractivity contribution in [3.63, 3.8) is 0 Å². The largest absolute Gasteiger partial charge is 0.377 e. The van der Waals surface area contributed by atoms with E-state index in [1.807, 2.05) is 12.2 Å². The standard InChI is InChI=1S/C54H48N2/c1-6-8-19-45-37-48(34-31-40(45)3)54-52(29-17-30-53(54)55(4)5)47-26-16-28-51(39-47)56(50-27-15-25-46(38-50)44-21-10-9-11-22-44)49-35-32-41(33-36-49)18-14-24-43-23-13-12-20-42(43)7-2/h6-39H,1H2,2-5H3/b18-14+,19-8-,42-7-,43-24-. The van der Waals surface area contributed by atoms with Gasteiger partial charge >= 0.3 is 0 Å². The Morgan fingerprint density at radius 2 is 1.18 bits per heavy atom. The van der Waals surface area contributed by atoms with E-state index in [-0.39, 0.29) is 0 Å². The van der Waals surface area contributed by atoms with E-state index in [2.05, 4.69) is 238 Å². The lowest BCUT2D eigenvalue weighted by Gasteiger charge is -2.27. The van der Waals surface area contributed by atoms with Crippen molar-refractivity contribution in [2.75, 3.05) is 23.9 Å². The van der Waals surface area contributed by atoms with Crippen LogP contribution in [-0.2, 0) is 0 Å². The third-order valence-corrected chi connectivity index (χ3v) is 10.2. The molecule has 7 aromatic rings. The Morgan fingerprint density at radius 3 is 1.89 bits per heavy atom. The number of nitrogens with zero attached hydrogens (tertiary/aromatic N) is 2. The smallest absolute Gasteiger partial charge is 0.0467 e. The Balaban J connectivity index is 1.34. The molecule has 0 bridgehead atoms. The molecule has 7 rings (SSSR count). The first-order valence-electron chi connectivity index (χ1n) is 19.2. The van der Waals surface area contributed by atoms with E-state index in [1.165, 1.54) is 55.1 Å². The molecular weight excluding hydrogens is 677 g/mol. The maximum absolute atomic E-state index is 3.89. The van der Waals surface area contributed by atoms with Crippen LogP contribution in [0.4, 0.5) is 22.7 Å². The number of hydrogen-bond donors (Lipinski definition) is 0. The summed E-state index contributed by atoms with van der Waals surface area (Å²) in [6.45, 7) is 8.13. The summed E-state index contributed by atoms with van der Waals surface area (Å²) in [4.78, 5) is 4.57. The van der Waals surface area contributed by atoms with E-state index in [1.54, 1.807) is 0 Å². The number of hydrogen-bond acceptors (Lipinski definition) is 2. The first-order chi connectivity index (χ1) is 27.4. The molecule has 0 heterocycles. The van der Waals surface area contributed by atoms with Crippen molar-refractivity contribution in [1.82, 2.24) is 0 Å². The third-order valence-electron chi connectivity index (χ3n) is 10.2. The number of anilines is 4. The van der Waals surface area contributed by atoms with Crippen LogP contribution in [0.2, 0.25) is 0 Å². The van der Waals surface area contributed by atoms with Crippen LogP contribution < -0.4 is 20.2 Å². The van der Waals surface area contributed by atoms with Gasteiger partial charge in [-0.1, -0.05) is 164 Å². The summed E-state index contributed by atoms with van der Waals surface area (Å²) >= 11 is 0. The first-order valence-corrected chi connectivity index (χ1v) is 19.2. The molecule has 0 aliphatic heterocycles. The van der Waals surface area contributed by atoms with Crippen LogP contribution in [0.15, 0.2) is 189 Å². The van der Waals surface area contributed by atoms with E-state index >= 15 is 0 Å². The minimum Gasteiger partial charge on any atom is -0.377 e. The van der Waals surface area contributed by atoms with Crippen LogP contribution in [0.1, 0.15) is 23.6 Å². The molecule has 2 heteroatoms. The lowest BCUT2D eigenvalue weighted by molar-refractivity contribution is 1.13.